The van der Waals surface area contributed by atoms with Crippen LogP contribution in [0, 0.1) is 13.8 Å². The summed E-state index contributed by atoms with van der Waals surface area (Å²) in [4.78, 5) is 43.3. The highest BCUT2D eigenvalue weighted by Gasteiger charge is 2.29. The number of nitrogens with one attached hydrogen (secondary N) is 2. The molecule has 0 aromatic heterocycles. The van der Waals surface area contributed by atoms with Crippen LogP contribution in [0.1, 0.15) is 18.1 Å². The highest BCUT2D eigenvalue weighted by atomic mass is 16.5. The Morgan fingerprint density at radius 1 is 1.03 bits per heavy atom. The van der Waals surface area contributed by atoms with Gasteiger partial charge in [0.1, 0.15) is 0 Å². The highest BCUT2D eigenvalue weighted by Crippen LogP contribution is 2.16. The van der Waals surface area contributed by atoms with Gasteiger partial charge in [0.05, 0.1) is 25.8 Å². The van der Waals surface area contributed by atoms with Crippen molar-refractivity contribution in [3.8, 4) is 0 Å². The number of aryl methyl sites for hydroxylation is 2. The maximum absolute atomic E-state index is 12.5. The quantitative estimate of drug-likeness (QED) is 0.717. The second-order valence-corrected chi connectivity index (χ2v) is 8.24. The van der Waals surface area contributed by atoms with Gasteiger partial charge in [0.15, 0.2) is 0 Å². The van der Waals surface area contributed by atoms with Crippen molar-refractivity contribution in [2.45, 2.75) is 26.8 Å². The molecule has 1 atom stereocenters. The fraction of sp³-hybridized carbons (Fsp3) is 0.591. The summed E-state index contributed by atoms with van der Waals surface area (Å²) in [5.41, 5.74) is 2.72. The van der Waals surface area contributed by atoms with Gasteiger partial charge in [0, 0.05) is 45.0 Å². The van der Waals surface area contributed by atoms with Crippen LogP contribution >= 0.6 is 0 Å². The summed E-state index contributed by atoms with van der Waals surface area (Å²) in [6.45, 7) is 11.4. The maximum atomic E-state index is 12.5. The third-order valence-corrected chi connectivity index (χ3v) is 5.92. The van der Waals surface area contributed by atoms with Crippen molar-refractivity contribution in [1.29, 1.82) is 0 Å². The molecule has 0 aliphatic carbocycles. The number of imide groups is 1. The molecule has 2 N–H and O–H groups in total. The van der Waals surface area contributed by atoms with Gasteiger partial charge in [0.2, 0.25) is 11.8 Å². The van der Waals surface area contributed by atoms with Gasteiger partial charge in [-0.2, -0.15) is 0 Å². The molecule has 1 aromatic carbocycles. The van der Waals surface area contributed by atoms with Crippen LogP contribution in [0.4, 0.5) is 10.5 Å². The van der Waals surface area contributed by atoms with E-state index in [4.69, 9.17) is 4.74 Å². The molecule has 3 rings (SSSR count). The first-order valence-electron chi connectivity index (χ1n) is 10.8. The Hall–Kier alpha value is -2.49. The number of hydrogen-bond acceptors (Lipinski definition) is 6. The molecule has 2 fully saturated rings. The van der Waals surface area contributed by atoms with Crippen LogP contribution in [-0.2, 0) is 14.3 Å². The SMILES string of the molecule is Cc1ccc(NC(=O)NC(=O)C(C)N2CCN(C(=O)CN3CCOCC3)CC2)c(C)c1. The molecule has 2 aliphatic heterocycles. The topological polar surface area (TPSA) is 94.2 Å². The Morgan fingerprint density at radius 2 is 1.71 bits per heavy atom. The lowest BCUT2D eigenvalue weighted by molar-refractivity contribution is -0.136. The molecule has 9 heteroatoms. The zero-order chi connectivity index (χ0) is 22.4. The number of morpholine rings is 1. The molecule has 0 saturated carbocycles. The van der Waals surface area contributed by atoms with Crippen molar-refractivity contribution < 1.29 is 19.1 Å². The van der Waals surface area contributed by atoms with E-state index in [0.29, 0.717) is 51.6 Å². The zero-order valence-electron chi connectivity index (χ0n) is 18.6. The van der Waals surface area contributed by atoms with Crippen molar-refractivity contribution in [2.24, 2.45) is 0 Å². The first kappa shape index (κ1) is 23.2. The van der Waals surface area contributed by atoms with E-state index in [1.807, 2.05) is 41.8 Å². The number of hydrogen-bond donors (Lipinski definition) is 2. The number of benzene rings is 1. The molecule has 1 aromatic rings. The lowest BCUT2D eigenvalue weighted by Crippen LogP contribution is -2.57. The summed E-state index contributed by atoms with van der Waals surface area (Å²) in [5.74, 6) is -0.234. The van der Waals surface area contributed by atoms with E-state index in [2.05, 4.69) is 15.5 Å². The van der Waals surface area contributed by atoms with Crippen molar-refractivity contribution in [2.75, 3.05) is 64.3 Å². The third kappa shape index (κ3) is 6.49. The number of carbonyl (C=O) groups excluding carboxylic acids is 3. The number of rotatable bonds is 5. The van der Waals surface area contributed by atoms with E-state index >= 15 is 0 Å². The first-order chi connectivity index (χ1) is 14.8. The first-order valence-corrected chi connectivity index (χ1v) is 10.8. The fourth-order valence-corrected chi connectivity index (χ4v) is 3.90. The molecular weight excluding hydrogens is 398 g/mol. The molecule has 0 bridgehead atoms. The zero-order valence-corrected chi connectivity index (χ0v) is 18.6. The van der Waals surface area contributed by atoms with Crippen LogP contribution in [0.5, 0.6) is 0 Å². The van der Waals surface area contributed by atoms with Gasteiger partial charge in [-0.15, -0.1) is 0 Å². The Bertz CT molecular complexity index is 801. The molecule has 1 unspecified atom stereocenters. The van der Waals surface area contributed by atoms with Crippen molar-refractivity contribution in [3.05, 3.63) is 29.3 Å². The normalized spacial score (nSPS) is 19.0. The number of urea groups is 1. The minimum absolute atomic E-state index is 0.117. The van der Waals surface area contributed by atoms with Gasteiger partial charge in [-0.3, -0.25) is 24.7 Å². The van der Waals surface area contributed by atoms with Crippen LogP contribution < -0.4 is 10.6 Å². The third-order valence-electron chi connectivity index (χ3n) is 5.92. The summed E-state index contributed by atoms with van der Waals surface area (Å²) in [7, 11) is 0. The van der Waals surface area contributed by atoms with E-state index in [1.165, 1.54) is 0 Å². The van der Waals surface area contributed by atoms with Crippen LogP contribution in [0.15, 0.2) is 18.2 Å². The van der Waals surface area contributed by atoms with Crippen LogP contribution in [0.25, 0.3) is 0 Å². The van der Waals surface area contributed by atoms with E-state index in [9.17, 15) is 14.4 Å². The van der Waals surface area contributed by atoms with Gasteiger partial charge in [-0.25, -0.2) is 4.79 Å². The second-order valence-electron chi connectivity index (χ2n) is 8.24. The standard InChI is InChI=1S/C22H33N5O4/c1-16-4-5-19(17(2)14-16)23-22(30)24-21(29)18(3)26-6-8-27(9-7-26)20(28)15-25-10-12-31-13-11-25/h4-5,14,18H,6-13,15H2,1-3H3,(H2,23,24,29,30). The van der Waals surface area contributed by atoms with E-state index in [1.54, 1.807) is 6.92 Å². The van der Waals surface area contributed by atoms with Gasteiger partial charge in [-0.05, 0) is 32.4 Å². The van der Waals surface area contributed by atoms with Gasteiger partial charge >= 0.3 is 6.03 Å². The predicted molar refractivity (Wildman–Crippen MR) is 118 cm³/mol. The number of piperazine rings is 1. The Balaban J connectivity index is 1.42. The van der Waals surface area contributed by atoms with E-state index in [0.717, 1.165) is 24.2 Å². The maximum Gasteiger partial charge on any atom is 0.325 e. The molecule has 2 aliphatic rings. The number of amides is 4. The smallest absolute Gasteiger partial charge is 0.325 e. The Labute approximate surface area is 183 Å². The lowest BCUT2D eigenvalue weighted by atomic mass is 10.1. The summed E-state index contributed by atoms with van der Waals surface area (Å²) in [5, 5.41) is 5.16. The summed E-state index contributed by atoms with van der Waals surface area (Å²) >= 11 is 0. The highest BCUT2D eigenvalue weighted by molar-refractivity contribution is 6.03. The molecule has 0 spiro atoms. The molecule has 170 valence electrons. The van der Waals surface area contributed by atoms with E-state index in [-0.39, 0.29) is 11.8 Å². The Kier molecular flexibility index (Phi) is 8.00. The van der Waals surface area contributed by atoms with Gasteiger partial charge in [-0.1, -0.05) is 17.7 Å². The fourth-order valence-electron chi connectivity index (χ4n) is 3.90. The second kappa shape index (κ2) is 10.7. The molecule has 2 heterocycles. The number of carbonyl (C=O) groups is 3. The minimum Gasteiger partial charge on any atom is -0.379 e. The number of nitrogens with zero attached hydrogens (tertiary/aromatic N) is 3. The summed E-state index contributed by atoms with van der Waals surface area (Å²) in [6, 6.07) is 4.71. The molecule has 9 nitrogen and oxygen atoms in total. The van der Waals surface area contributed by atoms with Crippen molar-refractivity contribution >= 4 is 23.5 Å². The Morgan fingerprint density at radius 3 is 2.35 bits per heavy atom. The monoisotopic (exact) mass is 431 g/mol. The molecule has 4 amide bonds. The lowest BCUT2D eigenvalue weighted by Gasteiger charge is -2.38. The van der Waals surface area contributed by atoms with Gasteiger partial charge < -0.3 is 15.0 Å². The summed E-state index contributed by atoms with van der Waals surface area (Å²) < 4.78 is 5.32. The van der Waals surface area contributed by atoms with Gasteiger partial charge in [0.25, 0.3) is 0 Å². The van der Waals surface area contributed by atoms with Crippen LogP contribution in [-0.4, -0.2) is 97.6 Å². The molecule has 0 radical (unpaired) electrons. The molecular formula is C22H33N5O4. The van der Waals surface area contributed by atoms with Crippen LogP contribution in [0.3, 0.4) is 0 Å². The van der Waals surface area contributed by atoms with Crippen molar-refractivity contribution in [3.63, 3.8) is 0 Å². The number of anilines is 1. The number of ether oxygens (including phenoxy) is 1. The van der Waals surface area contributed by atoms with Crippen LogP contribution in [0.2, 0.25) is 0 Å². The average Bonchev–Trinajstić information content (AvgIpc) is 2.76. The predicted octanol–water partition coefficient (Wildman–Crippen LogP) is 0.816. The minimum atomic E-state index is -0.539. The largest absolute Gasteiger partial charge is 0.379 e. The van der Waals surface area contributed by atoms with E-state index < -0.39 is 12.1 Å². The molecule has 31 heavy (non-hydrogen) atoms. The van der Waals surface area contributed by atoms with Crippen molar-refractivity contribution in [1.82, 2.24) is 20.0 Å². The average molecular weight is 432 g/mol. The molecule has 2 saturated heterocycles. The summed E-state index contributed by atoms with van der Waals surface area (Å²) in [6.07, 6.45) is 0.